The van der Waals surface area contributed by atoms with E-state index in [1.807, 2.05) is 24.1 Å². The number of piperazine rings is 1. The number of hydrogen-bond acceptors (Lipinski definition) is 5. The number of sulfonamides is 1. The fourth-order valence-corrected chi connectivity index (χ4v) is 4.23. The molecule has 1 saturated heterocycles. The van der Waals surface area contributed by atoms with Crippen LogP contribution in [0.5, 0.6) is 5.75 Å². The van der Waals surface area contributed by atoms with E-state index in [0.717, 1.165) is 31.7 Å². The minimum atomic E-state index is -3.57. The monoisotopic (exact) mass is 451 g/mol. The van der Waals surface area contributed by atoms with Crippen molar-refractivity contribution >= 4 is 27.5 Å². The first-order valence-electron chi connectivity index (χ1n) is 9.77. The average Bonchev–Trinajstić information content (AvgIpc) is 2.73. The Hall–Kier alpha value is -2.13. The normalized spacial score (nSPS) is 15.2. The van der Waals surface area contributed by atoms with Gasteiger partial charge in [0, 0.05) is 37.7 Å². The standard InChI is InChI=1S/C21H26ClN3O4S/c1-24-12-14-25(15-13-24)21(26)16-29-19-6-2-17(3-7-19)10-11-23-30(27,28)20-8-4-18(22)5-9-20/h2-9,23H,10-16H2,1H3. The molecule has 1 fully saturated rings. The van der Waals surface area contributed by atoms with E-state index in [-0.39, 0.29) is 24.0 Å². The van der Waals surface area contributed by atoms with Crippen molar-refractivity contribution in [1.29, 1.82) is 0 Å². The molecule has 0 saturated carbocycles. The summed E-state index contributed by atoms with van der Waals surface area (Å²) in [5, 5.41) is 0.487. The molecule has 2 aromatic rings. The fourth-order valence-electron chi connectivity index (χ4n) is 3.07. The van der Waals surface area contributed by atoms with Gasteiger partial charge in [-0.15, -0.1) is 0 Å². The molecule has 9 heteroatoms. The molecule has 0 aromatic heterocycles. The predicted molar refractivity (Wildman–Crippen MR) is 116 cm³/mol. The van der Waals surface area contributed by atoms with Gasteiger partial charge in [0.2, 0.25) is 10.0 Å². The molecule has 162 valence electrons. The van der Waals surface area contributed by atoms with Crippen LogP contribution in [0.4, 0.5) is 0 Å². The van der Waals surface area contributed by atoms with Crippen molar-refractivity contribution in [3.8, 4) is 5.75 Å². The van der Waals surface area contributed by atoms with Gasteiger partial charge in [-0.3, -0.25) is 4.79 Å². The van der Waals surface area contributed by atoms with Crippen molar-refractivity contribution in [2.75, 3.05) is 46.4 Å². The van der Waals surface area contributed by atoms with Crippen molar-refractivity contribution in [2.45, 2.75) is 11.3 Å². The number of hydrogen-bond donors (Lipinski definition) is 1. The summed E-state index contributed by atoms with van der Waals surface area (Å²) >= 11 is 5.80. The molecule has 3 rings (SSSR count). The van der Waals surface area contributed by atoms with E-state index in [1.165, 1.54) is 12.1 Å². The molecule has 0 bridgehead atoms. The number of benzene rings is 2. The number of carbonyl (C=O) groups excluding carboxylic acids is 1. The Balaban J connectivity index is 1.43. The Morgan fingerprint density at radius 3 is 2.30 bits per heavy atom. The number of halogens is 1. The first-order valence-corrected chi connectivity index (χ1v) is 11.6. The van der Waals surface area contributed by atoms with Crippen LogP contribution in [0.15, 0.2) is 53.4 Å². The van der Waals surface area contributed by atoms with E-state index in [4.69, 9.17) is 16.3 Å². The minimum Gasteiger partial charge on any atom is -0.484 e. The zero-order valence-corrected chi connectivity index (χ0v) is 18.5. The Bertz CT molecular complexity index is 941. The number of rotatable bonds is 8. The molecule has 1 aliphatic heterocycles. The molecular weight excluding hydrogens is 426 g/mol. The topological polar surface area (TPSA) is 79.0 Å². The quantitative estimate of drug-likeness (QED) is 0.664. The summed E-state index contributed by atoms with van der Waals surface area (Å²) in [4.78, 5) is 16.4. The molecule has 0 radical (unpaired) electrons. The van der Waals surface area contributed by atoms with Crippen molar-refractivity contribution in [2.24, 2.45) is 0 Å². The molecule has 1 N–H and O–H groups in total. The zero-order valence-electron chi connectivity index (χ0n) is 16.9. The van der Waals surface area contributed by atoms with E-state index < -0.39 is 10.0 Å². The van der Waals surface area contributed by atoms with Gasteiger partial charge in [-0.1, -0.05) is 23.7 Å². The van der Waals surface area contributed by atoms with Crippen LogP contribution in [0.1, 0.15) is 5.56 Å². The highest BCUT2D eigenvalue weighted by Crippen LogP contribution is 2.15. The lowest BCUT2D eigenvalue weighted by molar-refractivity contribution is -0.134. The molecule has 0 atom stereocenters. The number of carbonyl (C=O) groups is 1. The van der Waals surface area contributed by atoms with Crippen molar-refractivity contribution in [3.63, 3.8) is 0 Å². The van der Waals surface area contributed by atoms with Crippen LogP contribution in [0.25, 0.3) is 0 Å². The van der Waals surface area contributed by atoms with Crippen LogP contribution >= 0.6 is 11.6 Å². The molecule has 0 spiro atoms. The van der Waals surface area contributed by atoms with Crippen LogP contribution in [-0.2, 0) is 21.2 Å². The van der Waals surface area contributed by atoms with Crippen LogP contribution in [-0.4, -0.2) is 70.5 Å². The third-order valence-electron chi connectivity index (χ3n) is 4.97. The largest absolute Gasteiger partial charge is 0.484 e. The van der Waals surface area contributed by atoms with E-state index >= 15 is 0 Å². The highest BCUT2D eigenvalue weighted by Gasteiger charge is 2.19. The van der Waals surface area contributed by atoms with Crippen LogP contribution in [0, 0.1) is 0 Å². The third-order valence-corrected chi connectivity index (χ3v) is 6.70. The zero-order chi connectivity index (χ0) is 21.6. The lowest BCUT2D eigenvalue weighted by Crippen LogP contribution is -2.48. The molecule has 1 heterocycles. The first kappa shape index (κ1) is 22.6. The first-order chi connectivity index (χ1) is 14.3. The Kier molecular flexibility index (Phi) is 7.71. The van der Waals surface area contributed by atoms with Gasteiger partial charge in [0.15, 0.2) is 6.61 Å². The molecule has 7 nitrogen and oxygen atoms in total. The van der Waals surface area contributed by atoms with Gasteiger partial charge in [0.25, 0.3) is 5.91 Å². The third kappa shape index (κ3) is 6.43. The Morgan fingerprint density at radius 2 is 1.67 bits per heavy atom. The van der Waals surface area contributed by atoms with Gasteiger partial charge >= 0.3 is 0 Å². The second-order valence-corrected chi connectivity index (χ2v) is 9.42. The van der Waals surface area contributed by atoms with Crippen LogP contribution in [0.3, 0.4) is 0 Å². The molecule has 30 heavy (non-hydrogen) atoms. The minimum absolute atomic E-state index is 0.0104. The van der Waals surface area contributed by atoms with Gasteiger partial charge in [-0.05, 0) is 55.4 Å². The van der Waals surface area contributed by atoms with Crippen LogP contribution < -0.4 is 9.46 Å². The summed E-state index contributed by atoms with van der Waals surface area (Å²) in [6.07, 6.45) is 0.535. The summed E-state index contributed by atoms with van der Waals surface area (Å²) in [6.45, 7) is 3.49. The smallest absolute Gasteiger partial charge is 0.260 e. The van der Waals surface area contributed by atoms with Crippen molar-refractivity contribution in [3.05, 3.63) is 59.1 Å². The number of nitrogens with one attached hydrogen (secondary N) is 1. The molecule has 2 aromatic carbocycles. The lowest BCUT2D eigenvalue weighted by atomic mass is 10.1. The maximum atomic E-state index is 12.3. The number of nitrogens with zero attached hydrogens (tertiary/aromatic N) is 2. The SMILES string of the molecule is CN1CCN(C(=O)COc2ccc(CCNS(=O)(=O)c3ccc(Cl)cc3)cc2)CC1. The predicted octanol–water partition coefficient (Wildman–Crippen LogP) is 2.01. The molecule has 0 unspecified atom stereocenters. The van der Waals surface area contributed by atoms with Gasteiger partial charge in [0.1, 0.15) is 5.75 Å². The second kappa shape index (κ2) is 10.3. The van der Waals surface area contributed by atoms with Gasteiger partial charge in [-0.2, -0.15) is 0 Å². The summed E-state index contributed by atoms with van der Waals surface area (Å²) in [5.74, 6) is 0.603. The van der Waals surface area contributed by atoms with Crippen molar-refractivity contribution < 1.29 is 17.9 Å². The molecule has 1 amide bonds. The fraction of sp³-hybridized carbons (Fsp3) is 0.381. The molecule has 1 aliphatic rings. The molecule has 0 aliphatic carbocycles. The lowest BCUT2D eigenvalue weighted by Gasteiger charge is -2.32. The van der Waals surface area contributed by atoms with E-state index in [1.54, 1.807) is 24.3 Å². The Labute approximate surface area is 182 Å². The van der Waals surface area contributed by atoms with Crippen molar-refractivity contribution in [1.82, 2.24) is 14.5 Å². The van der Waals surface area contributed by atoms with Gasteiger partial charge in [0.05, 0.1) is 4.90 Å². The van der Waals surface area contributed by atoms with E-state index in [0.29, 0.717) is 17.2 Å². The average molecular weight is 452 g/mol. The highest BCUT2D eigenvalue weighted by atomic mass is 35.5. The summed E-state index contributed by atoms with van der Waals surface area (Å²) in [7, 11) is -1.52. The number of ether oxygens (including phenoxy) is 1. The van der Waals surface area contributed by atoms with E-state index in [9.17, 15) is 13.2 Å². The summed E-state index contributed by atoms with van der Waals surface area (Å²) in [6, 6.07) is 13.4. The van der Waals surface area contributed by atoms with Crippen LogP contribution in [0.2, 0.25) is 5.02 Å². The summed E-state index contributed by atoms with van der Waals surface area (Å²) < 4.78 is 32.7. The summed E-state index contributed by atoms with van der Waals surface area (Å²) in [5.41, 5.74) is 0.964. The highest BCUT2D eigenvalue weighted by molar-refractivity contribution is 7.89. The maximum absolute atomic E-state index is 12.3. The van der Waals surface area contributed by atoms with E-state index in [2.05, 4.69) is 9.62 Å². The maximum Gasteiger partial charge on any atom is 0.260 e. The number of likely N-dealkylation sites (N-methyl/N-ethyl adjacent to an activating group) is 1. The van der Waals surface area contributed by atoms with Gasteiger partial charge < -0.3 is 14.5 Å². The Morgan fingerprint density at radius 1 is 1.03 bits per heavy atom. The molecular formula is C21H26ClN3O4S. The number of amides is 1. The second-order valence-electron chi connectivity index (χ2n) is 7.22. The van der Waals surface area contributed by atoms with Gasteiger partial charge in [-0.25, -0.2) is 13.1 Å².